The number of amides is 1. The molecule has 0 bridgehead atoms. The smallest absolute Gasteiger partial charge is 0.257 e. The van der Waals surface area contributed by atoms with Gasteiger partial charge in [0.1, 0.15) is 22.8 Å². The number of halogens is 2. The molecular formula is C31H24BrClN6O2. The van der Waals surface area contributed by atoms with E-state index < -0.39 is 0 Å². The maximum Gasteiger partial charge on any atom is 0.257 e. The van der Waals surface area contributed by atoms with Crippen molar-refractivity contribution >= 4 is 44.9 Å². The molecule has 10 heteroatoms. The fourth-order valence-electron chi connectivity index (χ4n) is 4.54. The van der Waals surface area contributed by atoms with Gasteiger partial charge < -0.3 is 15.2 Å². The molecule has 2 N–H and O–H groups in total. The van der Waals surface area contributed by atoms with Gasteiger partial charge in [0, 0.05) is 35.3 Å². The van der Waals surface area contributed by atoms with E-state index in [0.29, 0.717) is 40.8 Å². The minimum absolute atomic E-state index is 0.227. The number of nitrogens with zero attached hydrogens (tertiary/aromatic N) is 4. The summed E-state index contributed by atoms with van der Waals surface area (Å²) in [5, 5.41) is 15.7. The fraction of sp³-hybridized carbons (Fsp3) is 0.0968. The molecule has 3 aromatic carbocycles. The Bertz CT molecular complexity index is 1850. The molecule has 6 rings (SSSR count). The largest absolute Gasteiger partial charge is 0.366 e. The van der Waals surface area contributed by atoms with Crippen LogP contribution >= 0.6 is 27.5 Å². The van der Waals surface area contributed by atoms with Crippen LogP contribution in [-0.4, -0.2) is 25.7 Å². The van der Waals surface area contributed by atoms with E-state index in [1.807, 2.05) is 84.9 Å². The molecule has 204 valence electrons. The van der Waals surface area contributed by atoms with Gasteiger partial charge in [0.05, 0.1) is 16.4 Å². The Hall–Kier alpha value is -4.47. The molecule has 8 nitrogen and oxygen atoms in total. The van der Waals surface area contributed by atoms with Crippen molar-refractivity contribution in [3.05, 3.63) is 123 Å². The highest BCUT2D eigenvalue weighted by Gasteiger charge is 2.21. The number of aromatic nitrogens is 4. The van der Waals surface area contributed by atoms with Gasteiger partial charge in [-0.15, -0.1) is 0 Å². The topological polar surface area (TPSA) is 97.3 Å². The molecule has 0 unspecified atom stereocenters. The summed E-state index contributed by atoms with van der Waals surface area (Å²) in [6.45, 7) is 2.68. The zero-order chi connectivity index (χ0) is 28.3. The minimum Gasteiger partial charge on any atom is -0.366 e. The average Bonchev–Trinajstić information content (AvgIpc) is 3.58. The summed E-state index contributed by atoms with van der Waals surface area (Å²) in [5.41, 5.74) is 6.13. The van der Waals surface area contributed by atoms with Crippen LogP contribution in [0.2, 0.25) is 5.02 Å². The van der Waals surface area contributed by atoms with Crippen molar-refractivity contribution < 1.29 is 9.32 Å². The summed E-state index contributed by atoms with van der Waals surface area (Å²) >= 11 is 9.99. The number of carbonyl (C=O) groups is 1. The van der Waals surface area contributed by atoms with Crippen LogP contribution in [0.15, 0.2) is 100 Å². The van der Waals surface area contributed by atoms with Gasteiger partial charge in [0.25, 0.3) is 5.91 Å². The lowest BCUT2D eigenvalue weighted by Crippen LogP contribution is -2.23. The van der Waals surface area contributed by atoms with Gasteiger partial charge in [0.2, 0.25) is 0 Å². The molecule has 0 saturated heterocycles. The number of fused-ring (bicyclic) bond motifs is 1. The van der Waals surface area contributed by atoms with Crippen LogP contribution in [-0.2, 0) is 13.1 Å². The number of rotatable bonds is 8. The Labute approximate surface area is 249 Å². The van der Waals surface area contributed by atoms with Crippen molar-refractivity contribution in [2.24, 2.45) is 0 Å². The Balaban J connectivity index is 1.14. The average molecular weight is 628 g/mol. The summed E-state index contributed by atoms with van der Waals surface area (Å²) < 4.78 is 7.88. The molecule has 6 aromatic rings. The van der Waals surface area contributed by atoms with Gasteiger partial charge in [-0.1, -0.05) is 89.6 Å². The van der Waals surface area contributed by atoms with Crippen molar-refractivity contribution in [1.29, 1.82) is 0 Å². The minimum atomic E-state index is -0.227. The Morgan fingerprint density at radius 1 is 0.976 bits per heavy atom. The number of nitrogens with one attached hydrogen (secondary N) is 2. The third-order valence-electron chi connectivity index (χ3n) is 6.67. The van der Waals surface area contributed by atoms with Crippen LogP contribution in [0.25, 0.3) is 28.2 Å². The first-order valence-electron chi connectivity index (χ1n) is 12.9. The fourth-order valence-corrected chi connectivity index (χ4v) is 5.12. The van der Waals surface area contributed by atoms with Gasteiger partial charge in [-0.3, -0.25) is 4.79 Å². The predicted octanol–water partition coefficient (Wildman–Crippen LogP) is 7.32. The van der Waals surface area contributed by atoms with Crippen molar-refractivity contribution in [1.82, 2.24) is 25.1 Å². The van der Waals surface area contributed by atoms with Gasteiger partial charge in [-0.2, -0.15) is 9.61 Å². The zero-order valence-electron chi connectivity index (χ0n) is 21.9. The molecule has 3 aromatic heterocycles. The van der Waals surface area contributed by atoms with Gasteiger partial charge in [0.15, 0.2) is 5.65 Å². The van der Waals surface area contributed by atoms with E-state index in [1.165, 1.54) is 0 Å². The van der Waals surface area contributed by atoms with Crippen molar-refractivity contribution in [3.8, 4) is 22.5 Å². The maximum atomic E-state index is 13.0. The van der Waals surface area contributed by atoms with E-state index in [2.05, 4.69) is 36.8 Å². The van der Waals surface area contributed by atoms with Crippen LogP contribution in [0.5, 0.6) is 0 Å². The second-order valence-corrected chi connectivity index (χ2v) is 10.7. The number of hydrogen-bond acceptors (Lipinski definition) is 6. The summed E-state index contributed by atoms with van der Waals surface area (Å²) in [6.07, 6.45) is 1.72. The molecular weight excluding hydrogens is 604 g/mol. The molecule has 0 aliphatic carbocycles. The van der Waals surface area contributed by atoms with Crippen molar-refractivity contribution in [2.45, 2.75) is 20.0 Å². The lowest BCUT2D eigenvalue weighted by Gasteiger charge is -2.12. The normalized spacial score (nSPS) is 11.1. The summed E-state index contributed by atoms with van der Waals surface area (Å²) in [4.78, 5) is 17.8. The van der Waals surface area contributed by atoms with Gasteiger partial charge in [-0.25, -0.2) is 4.98 Å². The van der Waals surface area contributed by atoms with Gasteiger partial charge >= 0.3 is 0 Å². The number of carbonyl (C=O) groups excluding carboxylic acids is 1. The van der Waals surface area contributed by atoms with E-state index >= 15 is 0 Å². The summed E-state index contributed by atoms with van der Waals surface area (Å²) in [6, 6.07) is 27.1. The molecule has 0 aliphatic heterocycles. The molecule has 0 fully saturated rings. The first-order valence-corrected chi connectivity index (χ1v) is 14.1. The number of anilines is 1. The van der Waals surface area contributed by atoms with E-state index in [1.54, 1.807) is 17.6 Å². The second kappa shape index (κ2) is 11.6. The Morgan fingerprint density at radius 3 is 2.44 bits per heavy atom. The number of benzene rings is 3. The van der Waals surface area contributed by atoms with E-state index in [-0.39, 0.29) is 5.91 Å². The molecule has 0 atom stereocenters. The van der Waals surface area contributed by atoms with E-state index in [0.717, 1.165) is 38.2 Å². The van der Waals surface area contributed by atoms with Gasteiger partial charge in [-0.05, 0) is 40.0 Å². The molecule has 1 amide bonds. The quantitative estimate of drug-likeness (QED) is 0.184. The summed E-state index contributed by atoms with van der Waals surface area (Å²) in [7, 11) is 0. The highest BCUT2D eigenvalue weighted by Crippen LogP contribution is 2.30. The van der Waals surface area contributed by atoms with E-state index in [9.17, 15) is 4.79 Å². The Morgan fingerprint density at radius 2 is 1.68 bits per heavy atom. The molecule has 41 heavy (non-hydrogen) atoms. The molecule has 3 heterocycles. The predicted molar refractivity (Wildman–Crippen MR) is 163 cm³/mol. The van der Waals surface area contributed by atoms with Crippen LogP contribution < -0.4 is 10.6 Å². The summed E-state index contributed by atoms with van der Waals surface area (Å²) in [5.74, 6) is 1.04. The molecule has 0 radical (unpaired) electrons. The molecule has 0 spiro atoms. The third-order valence-corrected chi connectivity index (χ3v) is 7.55. The lowest BCUT2D eigenvalue weighted by molar-refractivity contribution is 0.0950. The standard InChI is InChI=1S/C31H24BrClN6O2/c1-19-28(29(38-41-19)22-7-3-2-4-8-22)31(40)35-17-21-13-11-20(12-14-21)16-34-27-15-26(23-9-5-6-10-25(23)33)37-30-24(32)18-36-39(27)30/h2-15,18,34H,16-17H2,1H3,(H,35,40). The first-order chi connectivity index (χ1) is 20.0. The number of aryl methyl sites for hydroxylation is 1. The highest BCUT2D eigenvalue weighted by molar-refractivity contribution is 9.10. The van der Waals surface area contributed by atoms with Crippen LogP contribution in [0, 0.1) is 6.92 Å². The maximum absolute atomic E-state index is 13.0. The monoisotopic (exact) mass is 626 g/mol. The third kappa shape index (κ3) is 5.59. The van der Waals surface area contributed by atoms with Crippen molar-refractivity contribution in [3.63, 3.8) is 0 Å². The molecule has 0 aliphatic rings. The SMILES string of the molecule is Cc1onc(-c2ccccc2)c1C(=O)NCc1ccc(CNc2cc(-c3ccccc3Cl)nc3c(Br)cnn23)cc1. The molecule has 0 saturated carbocycles. The zero-order valence-corrected chi connectivity index (χ0v) is 24.3. The Kier molecular flexibility index (Phi) is 7.54. The highest BCUT2D eigenvalue weighted by atomic mass is 79.9. The number of hydrogen-bond donors (Lipinski definition) is 2. The first kappa shape index (κ1) is 26.7. The second-order valence-electron chi connectivity index (χ2n) is 9.42. The van der Waals surface area contributed by atoms with Crippen LogP contribution in [0.1, 0.15) is 27.2 Å². The van der Waals surface area contributed by atoms with Crippen LogP contribution in [0.4, 0.5) is 5.82 Å². The lowest BCUT2D eigenvalue weighted by atomic mass is 10.1. The van der Waals surface area contributed by atoms with Crippen LogP contribution in [0.3, 0.4) is 0 Å². The van der Waals surface area contributed by atoms with Crippen molar-refractivity contribution in [2.75, 3.05) is 5.32 Å². The van der Waals surface area contributed by atoms with E-state index in [4.69, 9.17) is 21.1 Å².